The summed E-state index contributed by atoms with van der Waals surface area (Å²) in [6.45, 7) is 0. The van der Waals surface area contributed by atoms with Crippen molar-refractivity contribution in [2.24, 2.45) is 0 Å². The SMILES string of the molecule is O=C(CSC(F)(F)F)NC1S[C@@H]2CC(=O)N2C(C(=O)O)=C1Sc1ccc(-c2ncco2)cc1. The van der Waals surface area contributed by atoms with Gasteiger partial charge in [-0.05, 0) is 36.0 Å². The van der Waals surface area contributed by atoms with Crippen LogP contribution in [0.5, 0.6) is 0 Å². The summed E-state index contributed by atoms with van der Waals surface area (Å²) in [6, 6.07) is 6.78. The minimum atomic E-state index is -4.57. The molecule has 3 heterocycles. The van der Waals surface area contributed by atoms with Crippen LogP contribution in [0.3, 0.4) is 0 Å². The van der Waals surface area contributed by atoms with E-state index in [0.717, 1.165) is 28.4 Å². The normalized spacial score (nSPS) is 20.3. The fourth-order valence-electron chi connectivity index (χ4n) is 3.13. The number of halogens is 3. The van der Waals surface area contributed by atoms with Crippen LogP contribution >= 0.6 is 35.3 Å². The monoisotopic (exact) mass is 517 g/mol. The summed E-state index contributed by atoms with van der Waals surface area (Å²) in [4.78, 5) is 42.2. The number of rotatable bonds is 7. The van der Waals surface area contributed by atoms with Gasteiger partial charge in [-0.2, -0.15) is 13.2 Å². The van der Waals surface area contributed by atoms with Crippen LogP contribution in [0, 0.1) is 0 Å². The lowest BCUT2D eigenvalue weighted by Gasteiger charge is -2.46. The van der Waals surface area contributed by atoms with E-state index in [1.165, 1.54) is 12.5 Å². The maximum Gasteiger partial charge on any atom is 0.442 e. The molecule has 2 amide bonds. The molecule has 2 aliphatic heterocycles. The summed E-state index contributed by atoms with van der Waals surface area (Å²) in [7, 11) is 0. The summed E-state index contributed by atoms with van der Waals surface area (Å²) in [5.74, 6) is -3.10. The molecule has 4 rings (SSSR count). The number of amides is 2. The Morgan fingerprint density at radius 2 is 2.03 bits per heavy atom. The molecular weight excluding hydrogens is 503 g/mol. The first-order valence-electron chi connectivity index (χ1n) is 9.25. The van der Waals surface area contributed by atoms with Crippen LogP contribution in [-0.4, -0.2) is 54.8 Å². The molecule has 2 atom stereocenters. The molecular formula is C19H14F3N3O5S3. The summed E-state index contributed by atoms with van der Waals surface area (Å²) in [5, 5.41) is 10.8. The van der Waals surface area contributed by atoms with Gasteiger partial charge in [-0.15, -0.1) is 11.8 Å². The second kappa shape index (κ2) is 9.35. The zero-order valence-corrected chi connectivity index (χ0v) is 18.8. The molecule has 1 fully saturated rings. The van der Waals surface area contributed by atoms with E-state index in [0.29, 0.717) is 16.3 Å². The number of carbonyl (C=O) groups is 3. The van der Waals surface area contributed by atoms with Crippen molar-refractivity contribution >= 4 is 53.1 Å². The van der Waals surface area contributed by atoms with Crippen molar-refractivity contribution in [3.05, 3.63) is 47.3 Å². The number of oxazole rings is 1. The van der Waals surface area contributed by atoms with Gasteiger partial charge in [0.15, 0.2) is 0 Å². The molecule has 174 valence electrons. The molecule has 0 saturated carbocycles. The molecule has 14 heteroatoms. The summed E-state index contributed by atoms with van der Waals surface area (Å²) < 4.78 is 42.6. The molecule has 2 aliphatic rings. The topological polar surface area (TPSA) is 113 Å². The molecule has 33 heavy (non-hydrogen) atoms. The van der Waals surface area contributed by atoms with Crippen molar-refractivity contribution in [2.75, 3.05) is 5.75 Å². The minimum absolute atomic E-state index is 0.0773. The molecule has 1 saturated heterocycles. The lowest BCUT2D eigenvalue weighted by atomic mass is 10.1. The first kappa shape index (κ1) is 23.6. The number of thioether (sulfide) groups is 3. The fourth-order valence-corrected chi connectivity index (χ4v) is 6.13. The molecule has 1 unspecified atom stereocenters. The van der Waals surface area contributed by atoms with E-state index in [9.17, 15) is 32.7 Å². The van der Waals surface area contributed by atoms with Gasteiger partial charge >= 0.3 is 11.5 Å². The van der Waals surface area contributed by atoms with E-state index < -0.39 is 45.6 Å². The first-order chi connectivity index (χ1) is 15.6. The van der Waals surface area contributed by atoms with E-state index in [1.807, 2.05) is 0 Å². The van der Waals surface area contributed by atoms with Crippen molar-refractivity contribution in [1.29, 1.82) is 0 Å². The number of β-lactam (4-membered cyclic amide) rings is 1. The van der Waals surface area contributed by atoms with E-state index in [-0.39, 0.29) is 22.9 Å². The Balaban J connectivity index is 1.60. The van der Waals surface area contributed by atoms with Crippen LogP contribution in [0.1, 0.15) is 6.42 Å². The third kappa shape index (κ3) is 5.33. The smallest absolute Gasteiger partial charge is 0.442 e. The summed E-state index contributed by atoms with van der Waals surface area (Å²) in [5.41, 5.74) is -4.18. The van der Waals surface area contributed by atoms with Gasteiger partial charge in [0, 0.05) is 10.5 Å². The maximum absolute atomic E-state index is 12.5. The molecule has 0 aliphatic carbocycles. The number of hydrogen-bond acceptors (Lipinski definition) is 8. The predicted molar refractivity (Wildman–Crippen MR) is 116 cm³/mol. The third-order valence-corrected chi connectivity index (χ3v) is 7.89. The van der Waals surface area contributed by atoms with Crippen LogP contribution in [0.2, 0.25) is 0 Å². The predicted octanol–water partition coefficient (Wildman–Crippen LogP) is 3.73. The maximum atomic E-state index is 12.5. The van der Waals surface area contributed by atoms with E-state index in [4.69, 9.17) is 4.42 Å². The van der Waals surface area contributed by atoms with Gasteiger partial charge in [-0.3, -0.25) is 14.5 Å². The second-order valence-corrected chi connectivity index (χ2v) is 10.2. The highest BCUT2D eigenvalue weighted by molar-refractivity contribution is 8.06. The van der Waals surface area contributed by atoms with Gasteiger partial charge in [-0.25, -0.2) is 9.78 Å². The highest BCUT2D eigenvalue weighted by atomic mass is 32.2. The largest absolute Gasteiger partial charge is 0.477 e. The van der Waals surface area contributed by atoms with E-state index >= 15 is 0 Å². The van der Waals surface area contributed by atoms with Crippen molar-refractivity contribution in [1.82, 2.24) is 15.2 Å². The minimum Gasteiger partial charge on any atom is -0.477 e. The Kier molecular flexibility index (Phi) is 6.68. The molecule has 0 radical (unpaired) electrons. The number of carboxylic acid groups (broad SMARTS) is 1. The molecule has 0 spiro atoms. The van der Waals surface area contributed by atoms with Crippen molar-refractivity contribution < 1.29 is 37.1 Å². The van der Waals surface area contributed by atoms with Crippen LogP contribution in [0.25, 0.3) is 11.5 Å². The molecule has 2 N–H and O–H groups in total. The number of carbonyl (C=O) groups excluding carboxylic acids is 2. The van der Waals surface area contributed by atoms with Crippen LogP contribution in [-0.2, 0) is 14.4 Å². The number of aliphatic carboxylic acids is 1. The number of hydrogen-bond donors (Lipinski definition) is 2. The molecule has 2 aromatic rings. The average Bonchev–Trinajstić information content (AvgIpc) is 3.28. The van der Waals surface area contributed by atoms with Gasteiger partial charge in [0.1, 0.15) is 17.3 Å². The van der Waals surface area contributed by atoms with Crippen LogP contribution < -0.4 is 5.32 Å². The Hall–Kier alpha value is -2.58. The highest BCUT2D eigenvalue weighted by Crippen LogP contribution is 2.48. The number of alkyl halides is 3. The Bertz CT molecular complexity index is 1110. The Labute approximate surface area is 197 Å². The Morgan fingerprint density at radius 3 is 2.61 bits per heavy atom. The van der Waals surface area contributed by atoms with Crippen molar-refractivity contribution in [3.63, 3.8) is 0 Å². The number of carboxylic acids is 1. The molecule has 0 bridgehead atoms. The van der Waals surface area contributed by atoms with Crippen LogP contribution in [0.15, 0.2) is 56.6 Å². The fraction of sp³-hybridized carbons (Fsp3) is 0.263. The second-order valence-electron chi connectivity index (χ2n) is 6.72. The first-order valence-corrected chi connectivity index (χ1v) is 12.0. The zero-order chi connectivity index (χ0) is 23.8. The number of nitrogens with zero attached hydrogens (tertiary/aromatic N) is 2. The van der Waals surface area contributed by atoms with Gasteiger partial charge in [0.2, 0.25) is 17.7 Å². The van der Waals surface area contributed by atoms with Crippen LogP contribution in [0.4, 0.5) is 13.2 Å². The van der Waals surface area contributed by atoms with E-state index in [1.54, 1.807) is 24.3 Å². The average molecular weight is 518 g/mol. The number of aromatic nitrogens is 1. The van der Waals surface area contributed by atoms with Gasteiger partial charge < -0.3 is 14.8 Å². The van der Waals surface area contributed by atoms with Crippen molar-refractivity contribution in [3.8, 4) is 11.5 Å². The number of fused-ring (bicyclic) bond motifs is 1. The zero-order valence-electron chi connectivity index (χ0n) is 16.4. The van der Waals surface area contributed by atoms with Gasteiger partial charge in [-0.1, -0.05) is 11.8 Å². The number of benzene rings is 1. The summed E-state index contributed by atoms with van der Waals surface area (Å²) >= 11 is 1.64. The molecule has 1 aromatic heterocycles. The van der Waals surface area contributed by atoms with Gasteiger partial charge in [0.05, 0.1) is 28.6 Å². The summed E-state index contributed by atoms with van der Waals surface area (Å²) in [6.07, 6.45) is 2.99. The van der Waals surface area contributed by atoms with Crippen molar-refractivity contribution in [2.45, 2.75) is 27.6 Å². The van der Waals surface area contributed by atoms with Gasteiger partial charge in [0.25, 0.3) is 0 Å². The number of nitrogens with one attached hydrogen (secondary N) is 1. The molecule has 1 aromatic carbocycles. The lowest BCUT2D eigenvalue weighted by molar-refractivity contribution is -0.146. The molecule has 8 nitrogen and oxygen atoms in total. The van der Waals surface area contributed by atoms with E-state index in [2.05, 4.69) is 10.3 Å². The quantitative estimate of drug-likeness (QED) is 0.531. The standard InChI is InChI=1S/C19H14F3N3O5S3/c20-19(21,22)31-8-11(26)24-17-15(14(18(28)29)25-12(27)7-13(25)33-17)32-10-3-1-9(2-4-10)16-23-5-6-30-16/h1-6,13,17H,7-8H2,(H,24,26)(H,28,29)/t13-,17?/m1/s1. The Morgan fingerprint density at radius 1 is 1.30 bits per heavy atom. The lowest BCUT2D eigenvalue weighted by Crippen LogP contribution is -2.57. The third-order valence-electron chi connectivity index (χ3n) is 4.53. The highest BCUT2D eigenvalue weighted by Gasteiger charge is 2.49.